The first-order valence-corrected chi connectivity index (χ1v) is 16.7. The summed E-state index contributed by atoms with van der Waals surface area (Å²) < 4.78 is 48.0. The minimum Gasteiger partial charge on any atom is -0.379 e. The largest absolute Gasteiger partial charge is 0.416 e. The van der Waals surface area contributed by atoms with Gasteiger partial charge in [-0.2, -0.15) is 13.2 Å². The van der Waals surface area contributed by atoms with Crippen LogP contribution in [0.15, 0.2) is 77.3 Å². The molecule has 2 saturated heterocycles. The maximum atomic E-state index is 14.5. The second-order valence-electron chi connectivity index (χ2n) is 12.6. The van der Waals surface area contributed by atoms with Crippen LogP contribution >= 0.6 is 15.9 Å². The van der Waals surface area contributed by atoms with Crippen molar-refractivity contribution in [3.05, 3.63) is 99.5 Å². The summed E-state index contributed by atoms with van der Waals surface area (Å²) in [6.45, 7) is 5.41. The Morgan fingerprint density at radius 1 is 0.957 bits per heavy atom. The van der Waals surface area contributed by atoms with Gasteiger partial charge in [-0.1, -0.05) is 64.5 Å². The number of carbonyl (C=O) groups is 1. The molecule has 3 heterocycles. The van der Waals surface area contributed by atoms with Gasteiger partial charge in [-0.15, -0.1) is 0 Å². The Kier molecular flexibility index (Phi) is 8.65. The van der Waals surface area contributed by atoms with E-state index in [1.165, 1.54) is 6.07 Å². The number of ether oxygens (including phenoxy) is 1. The predicted octanol–water partition coefficient (Wildman–Crippen LogP) is 7.40. The van der Waals surface area contributed by atoms with Crippen LogP contribution in [0.3, 0.4) is 0 Å². The molecule has 0 atom stereocenters. The third-order valence-corrected chi connectivity index (χ3v) is 10.2. The third kappa shape index (κ3) is 6.45. The van der Waals surface area contributed by atoms with Crippen LogP contribution in [0.25, 0.3) is 22.2 Å². The molecule has 4 aromatic rings. The van der Waals surface area contributed by atoms with E-state index in [4.69, 9.17) is 9.72 Å². The second-order valence-corrected chi connectivity index (χ2v) is 13.5. The maximum Gasteiger partial charge on any atom is 0.416 e. The van der Waals surface area contributed by atoms with Crippen molar-refractivity contribution >= 4 is 32.7 Å². The molecular formula is C36H36BrF3N4O2. The summed E-state index contributed by atoms with van der Waals surface area (Å²) in [5.41, 5.74) is 2.26. The highest BCUT2D eigenvalue weighted by molar-refractivity contribution is 9.10. The highest BCUT2D eigenvalue weighted by atomic mass is 79.9. The average molecular weight is 694 g/mol. The first kappa shape index (κ1) is 31.3. The van der Waals surface area contributed by atoms with Crippen LogP contribution in [-0.4, -0.2) is 66.1 Å². The number of hydrogen-bond acceptors (Lipinski definition) is 5. The fourth-order valence-corrected chi connectivity index (χ4v) is 7.38. The lowest BCUT2D eigenvalue weighted by atomic mass is 9.93. The number of alkyl halides is 3. The molecule has 1 amide bonds. The zero-order chi connectivity index (χ0) is 31.9. The first-order chi connectivity index (χ1) is 22.2. The Labute approximate surface area is 275 Å². The first-order valence-electron chi connectivity index (χ1n) is 15.9. The standard InChI is InChI=1S/C36H36BrF3N4O2/c37-27-9-10-29-31(22-27)41-33(24-5-4-8-26(21-24)36(38,39)40)30(23-43-15-11-28(12-16-43)44-17-19-46-20-18-44)32(29)34(45)42-35(13-14-35)25-6-2-1-3-7-25/h1-10,21-22,28H,11-20,23H2,(H,42,45). The number of rotatable bonds is 7. The van der Waals surface area contributed by atoms with Crippen LogP contribution in [0.1, 0.15) is 52.7 Å². The molecule has 1 N–H and O–H groups in total. The van der Waals surface area contributed by atoms with Crippen LogP contribution in [-0.2, 0) is 23.0 Å². The number of piperidine rings is 1. The van der Waals surface area contributed by atoms with Crippen molar-refractivity contribution < 1.29 is 22.7 Å². The van der Waals surface area contributed by atoms with E-state index in [0.717, 1.165) is 87.2 Å². The maximum absolute atomic E-state index is 14.5. The minimum atomic E-state index is -4.51. The molecule has 1 aliphatic carbocycles. The van der Waals surface area contributed by atoms with E-state index < -0.39 is 17.3 Å². The van der Waals surface area contributed by atoms with Gasteiger partial charge in [0.15, 0.2) is 0 Å². The molecule has 0 bridgehead atoms. The minimum absolute atomic E-state index is 0.234. The summed E-state index contributed by atoms with van der Waals surface area (Å²) in [6.07, 6.45) is -0.910. The molecule has 3 aromatic carbocycles. The number of amides is 1. The molecule has 10 heteroatoms. The van der Waals surface area contributed by atoms with Gasteiger partial charge in [0.1, 0.15) is 0 Å². The van der Waals surface area contributed by atoms with E-state index >= 15 is 0 Å². The zero-order valence-corrected chi connectivity index (χ0v) is 27.0. The van der Waals surface area contributed by atoms with Crippen LogP contribution in [0, 0.1) is 0 Å². The zero-order valence-electron chi connectivity index (χ0n) is 25.5. The van der Waals surface area contributed by atoms with Gasteiger partial charge in [0.25, 0.3) is 5.91 Å². The van der Waals surface area contributed by atoms with Gasteiger partial charge in [-0.3, -0.25) is 14.6 Å². The number of fused-ring (bicyclic) bond motifs is 1. The number of pyridine rings is 1. The van der Waals surface area contributed by atoms with E-state index in [0.29, 0.717) is 45.9 Å². The summed E-state index contributed by atoms with van der Waals surface area (Å²) in [6, 6.07) is 21.3. The number of hydrogen-bond donors (Lipinski definition) is 1. The van der Waals surface area contributed by atoms with Crippen LogP contribution in [0.4, 0.5) is 13.2 Å². The SMILES string of the molecule is O=C(NC1(c2ccccc2)CC1)c1c(CN2CCC(N3CCOCC3)CC2)c(-c2cccc(C(F)(F)F)c2)nc2cc(Br)ccc12. The van der Waals surface area contributed by atoms with Gasteiger partial charge >= 0.3 is 6.18 Å². The number of likely N-dealkylation sites (tertiary alicyclic amines) is 1. The van der Waals surface area contributed by atoms with E-state index in [2.05, 4.69) is 31.0 Å². The Morgan fingerprint density at radius 3 is 2.39 bits per heavy atom. The van der Waals surface area contributed by atoms with Gasteiger partial charge in [0.2, 0.25) is 0 Å². The van der Waals surface area contributed by atoms with Crippen LogP contribution in [0.5, 0.6) is 0 Å². The van der Waals surface area contributed by atoms with Crippen LogP contribution in [0.2, 0.25) is 0 Å². The monoisotopic (exact) mass is 692 g/mol. The molecule has 46 heavy (non-hydrogen) atoms. The molecule has 240 valence electrons. The summed E-state index contributed by atoms with van der Waals surface area (Å²) in [5, 5.41) is 4.03. The van der Waals surface area contributed by atoms with Crippen LogP contribution < -0.4 is 5.32 Å². The second kappa shape index (κ2) is 12.7. The highest BCUT2D eigenvalue weighted by Crippen LogP contribution is 2.46. The number of carbonyl (C=O) groups excluding carboxylic acids is 1. The van der Waals surface area contributed by atoms with Crippen molar-refractivity contribution in [2.45, 2.75) is 50.0 Å². The van der Waals surface area contributed by atoms with Crippen molar-refractivity contribution in [3.63, 3.8) is 0 Å². The van der Waals surface area contributed by atoms with Crippen molar-refractivity contribution in [2.24, 2.45) is 0 Å². The lowest BCUT2D eigenvalue weighted by Gasteiger charge is -2.40. The van der Waals surface area contributed by atoms with Gasteiger partial charge in [0, 0.05) is 46.7 Å². The molecule has 0 spiro atoms. The van der Waals surface area contributed by atoms with E-state index in [1.807, 2.05) is 48.5 Å². The van der Waals surface area contributed by atoms with Gasteiger partial charge < -0.3 is 10.1 Å². The van der Waals surface area contributed by atoms with Gasteiger partial charge in [0.05, 0.1) is 41.1 Å². The molecule has 6 nitrogen and oxygen atoms in total. The number of nitrogens with one attached hydrogen (secondary N) is 1. The quantitative estimate of drug-likeness (QED) is 0.219. The molecule has 2 aliphatic heterocycles. The highest BCUT2D eigenvalue weighted by Gasteiger charge is 2.46. The summed E-state index contributed by atoms with van der Waals surface area (Å²) in [4.78, 5) is 24.3. The smallest absolute Gasteiger partial charge is 0.379 e. The molecular weight excluding hydrogens is 657 g/mol. The summed E-state index contributed by atoms with van der Waals surface area (Å²) in [7, 11) is 0. The molecule has 0 unspecified atom stereocenters. The Bertz CT molecular complexity index is 1730. The summed E-state index contributed by atoms with van der Waals surface area (Å²) in [5.74, 6) is -0.234. The van der Waals surface area contributed by atoms with Gasteiger partial charge in [-0.05, 0) is 68.6 Å². The fourth-order valence-electron chi connectivity index (χ4n) is 7.03. The average Bonchev–Trinajstić information content (AvgIpc) is 3.85. The molecule has 3 aliphatic rings. The number of aromatic nitrogens is 1. The topological polar surface area (TPSA) is 57.7 Å². The van der Waals surface area contributed by atoms with Crippen molar-refractivity contribution in [3.8, 4) is 11.3 Å². The fraction of sp³-hybridized carbons (Fsp3) is 0.389. The third-order valence-electron chi connectivity index (χ3n) is 9.67. The van der Waals surface area contributed by atoms with E-state index in [-0.39, 0.29) is 5.91 Å². The summed E-state index contributed by atoms with van der Waals surface area (Å²) >= 11 is 3.53. The van der Waals surface area contributed by atoms with E-state index in [9.17, 15) is 18.0 Å². The Balaban J connectivity index is 1.31. The van der Waals surface area contributed by atoms with Gasteiger partial charge in [-0.25, -0.2) is 4.98 Å². The number of morpholine rings is 1. The number of nitrogens with zero attached hydrogens (tertiary/aromatic N) is 3. The normalized spacial score (nSPS) is 19.3. The molecule has 1 aromatic heterocycles. The molecule has 7 rings (SSSR count). The molecule has 3 fully saturated rings. The number of halogens is 4. The lowest BCUT2D eigenvalue weighted by Crippen LogP contribution is -2.48. The lowest BCUT2D eigenvalue weighted by molar-refractivity contribution is -0.137. The number of benzene rings is 3. The molecule has 0 radical (unpaired) electrons. The Morgan fingerprint density at radius 2 is 1.70 bits per heavy atom. The van der Waals surface area contributed by atoms with Crippen molar-refractivity contribution in [2.75, 3.05) is 39.4 Å². The van der Waals surface area contributed by atoms with Crippen molar-refractivity contribution in [1.29, 1.82) is 0 Å². The predicted molar refractivity (Wildman–Crippen MR) is 175 cm³/mol. The van der Waals surface area contributed by atoms with E-state index in [1.54, 1.807) is 6.07 Å². The van der Waals surface area contributed by atoms with Crippen molar-refractivity contribution in [1.82, 2.24) is 20.1 Å². The molecule has 1 saturated carbocycles. The Hall–Kier alpha value is -3.31.